The van der Waals surface area contributed by atoms with E-state index in [-0.39, 0.29) is 47.5 Å². The quantitative estimate of drug-likeness (QED) is 0.0262. The number of benzene rings is 4. The van der Waals surface area contributed by atoms with Crippen LogP contribution in [0.1, 0.15) is 230 Å². The van der Waals surface area contributed by atoms with Crippen molar-refractivity contribution in [3.8, 4) is 0 Å². The van der Waals surface area contributed by atoms with Crippen LogP contribution in [-0.2, 0) is 45.9 Å². The molecule has 4 rings (SSSR count). The van der Waals surface area contributed by atoms with E-state index in [9.17, 15) is 25.9 Å². The summed E-state index contributed by atoms with van der Waals surface area (Å²) >= 11 is 0. The van der Waals surface area contributed by atoms with Crippen LogP contribution in [0.25, 0.3) is 21.5 Å². The Bertz CT molecular complexity index is 1960. The third-order valence-electron chi connectivity index (χ3n) is 13.1. The third kappa shape index (κ3) is 22.6. The number of fused-ring (bicyclic) bond motifs is 2. The van der Waals surface area contributed by atoms with Gasteiger partial charge in [-0.3, -0.25) is 0 Å². The maximum Gasteiger partial charge on any atom is 2.00 e. The molecule has 0 saturated carbocycles. The molecule has 0 radical (unpaired) electrons. The van der Waals surface area contributed by atoms with Gasteiger partial charge in [0.25, 0.3) is 0 Å². The van der Waals surface area contributed by atoms with Crippen LogP contribution in [0.2, 0.25) is 0 Å². The van der Waals surface area contributed by atoms with E-state index in [1.807, 2.05) is 48.5 Å². The minimum absolute atomic E-state index is 0. The van der Waals surface area contributed by atoms with Gasteiger partial charge in [-0.05, 0) is 95.2 Å². The van der Waals surface area contributed by atoms with Gasteiger partial charge < -0.3 is 9.11 Å². The number of unbranched alkanes of at least 4 members (excludes halogenated alkanes) is 24. The summed E-state index contributed by atoms with van der Waals surface area (Å²) < 4.78 is 73.3. The van der Waals surface area contributed by atoms with Crippen molar-refractivity contribution in [1.29, 1.82) is 0 Å². The predicted molar refractivity (Wildman–Crippen MR) is 276 cm³/mol. The standard InChI is InChI=1S/2C28H44O3S.Ca/c2*1-3-5-7-9-11-13-15-18-24-20-17-21-27-26(24)23-22-25(28(27)32(29,30)31)19-16-14-12-10-8-6-4-2;/h2*17,20-23H,3-16,18-19H2,1-2H3,(H,29,30,31);/q;;+2/p-2. The Morgan fingerprint density at radius 1 is 0.308 bits per heavy atom. The Morgan fingerprint density at radius 2 is 0.554 bits per heavy atom. The van der Waals surface area contributed by atoms with Crippen LogP contribution in [-0.4, -0.2) is 63.7 Å². The van der Waals surface area contributed by atoms with Gasteiger partial charge in [0.05, 0.1) is 9.79 Å². The van der Waals surface area contributed by atoms with Gasteiger partial charge in [-0.2, -0.15) is 0 Å². The average Bonchev–Trinajstić information content (AvgIpc) is 3.27. The van der Waals surface area contributed by atoms with Crippen molar-refractivity contribution in [1.82, 2.24) is 0 Å². The van der Waals surface area contributed by atoms with Crippen molar-refractivity contribution in [2.45, 2.75) is 243 Å². The molecule has 0 aromatic heterocycles. The molecule has 0 spiro atoms. The Balaban J connectivity index is 0.000000440. The molecule has 6 nitrogen and oxygen atoms in total. The maximum absolute atomic E-state index is 12.2. The molecule has 0 saturated heterocycles. The molecule has 0 aliphatic heterocycles. The van der Waals surface area contributed by atoms with E-state index in [4.69, 9.17) is 0 Å². The first-order valence-corrected chi connectivity index (χ1v) is 28.8. The van der Waals surface area contributed by atoms with E-state index >= 15 is 0 Å². The van der Waals surface area contributed by atoms with Crippen molar-refractivity contribution < 1.29 is 25.9 Å². The molecule has 0 aliphatic carbocycles. The van der Waals surface area contributed by atoms with Crippen molar-refractivity contribution in [3.63, 3.8) is 0 Å². The van der Waals surface area contributed by atoms with Gasteiger partial charge in [-0.15, -0.1) is 0 Å². The van der Waals surface area contributed by atoms with Gasteiger partial charge in [-0.1, -0.05) is 242 Å². The molecule has 0 aliphatic rings. The average molecular weight is 960 g/mol. The molecule has 4 aromatic rings. The maximum atomic E-state index is 12.2. The van der Waals surface area contributed by atoms with Crippen LogP contribution in [0.3, 0.4) is 0 Å². The SMILES string of the molecule is CCCCCCCCCc1ccc2c(CCCCCCCCC)cccc2c1S(=O)(=O)[O-].CCCCCCCCCc1ccc2c(CCCCCCCCC)cccc2c1S(=O)(=O)[O-].[Ca+2]. The third-order valence-corrected chi connectivity index (χ3v) is 15.0. The first kappa shape index (κ1) is 59.6. The normalized spacial score (nSPS) is 11.8. The van der Waals surface area contributed by atoms with Crippen LogP contribution >= 0.6 is 0 Å². The molecule has 0 atom stereocenters. The van der Waals surface area contributed by atoms with Gasteiger partial charge in [0.15, 0.2) is 0 Å². The fraction of sp³-hybridized carbons (Fsp3) is 0.643. The van der Waals surface area contributed by atoms with Gasteiger partial charge in [0.1, 0.15) is 20.2 Å². The Morgan fingerprint density at radius 3 is 0.815 bits per heavy atom. The molecule has 65 heavy (non-hydrogen) atoms. The van der Waals surface area contributed by atoms with Crippen molar-refractivity contribution in [2.75, 3.05) is 0 Å². The van der Waals surface area contributed by atoms with Gasteiger partial charge in [0.2, 0.25) is 0 Å². The second kappa shape index (κ2) is 34.7. The second-order valence-corrected chi connectivity index (χ2v) is 21.2. The van der Waals surface area contributed by atoms with Crippen LogP contribution in [0.15, 0.2) is 70.5 Å². The summed E-state index contributed by atoms with van der Waals surface area (Å²) in [5.74, 6) is 0. The van der Waals surface area contributed by atoms with Crippen molar-refractivity contribution in [2.24, 2.45) is 0 Å². The summed E-state index contributed by atoms with van der Waals surface area (Å²) in [6.07, 6.45) is 37.1. The summed E-state index contributed by atoms with van der Waals surface area (Å²) in [4.78, 5) is 0.0322. The molecule has 9 heteroatoms. The zero-order valence-corrected chi connectivity index (χ0v) is 45.2. The van der Waals surface area contributed by atoms with Gasteiger partial charge in [-0.25, -0.2) is 16.8 Å². The fourth-order valence-electron chi connectivity index (χ4n) is 9.39. The van der Waals surface area contributed by atoms with Crippen molar-refractivity contribution in [3.05, 3.63) is 82.9 Å². The fourth-order valence-corrected chi connectivity index (χ4v) is 11.3. The number of hydrogen-bond donors (Lipinski definition) is 0. The zero-order chi connectivity index (χ0) is 46.5. The van der Waals surface area contributed by atoms with E-state index in [2.05, 4.69) is 39.8 Å². The van der Waals surface area contributed by atoms with Crippen LogP contribution < -0.4 is 0 Å². The molecule has 360 valence electrons. The second-order valence-electron chi connectivity index (χ2n) is 18.5. The van der Waals surface area contributed by atoms with Gasteiger partial charge in [0, 0.05) is 0 Å². The summed E-state index contributed by atoms with van der Waals surface area (Å²) in [5.41, 5.74) is 3.69. The monoisotopic (exact) mass is 959 g/mol. The Hall–Kier alpha value is -1.52. The number of hydrogen-bond acceptors (Lipinski definition) is 6. The van der Waals surface area contributed by atoms with E-state index in [0.717, 1.165) is 73.3 Å². The molecule has 0 amide bonds. The molecule has 0 bridgehead atoms. The van der Waals surface area contributed by atoms with Crippen LogP contribution in [0.4, 0.5) is 0 Å². The number of aryl methyl sites for hydroxylation is 4. The molecule has 4 aromatic carbocycles. The molecule has 0 unspecified atom stereocenters. The first-order chi connectivity index (χ1) is 31.0. The van der Waals surface area contributed by atoms with E-state index < -0.39 is 20.2 Å². The zero-order valence-electron chi connectivity index (χ0n) is 41.4. The van der Waals surface area contributed by atoms with Crippen LogP contribution in [0.5, 0.6) is 0 Å². The van der Waals surface area contributed by atoms with Crippen LogP contribution in [0, 0.1) is 0 Å². The smallest absolute Gasteiger partial charge is 0.744 e. The predicted octanol–water partition coefficient (Wildman–Crippen LogP) is 16.3. The summed E-state index contributed by atoms with van der Waals surface area (Å²) in [6, 6.07) is 19.4. The molecule has 0 fully saturated rings. The minimum atomic E-state index is -4.52. The van der Waals surface area contributed by atoms with Crippen molar-refractivity contribution >= 4 is 79.5 Å². The largest absolute Gasteiger partial charge is 2.00 e. The molecule has 0 N–H and O–H groups in total. The van der Waals surface area contributed by atoms with E-state index in [0.29, 0.717) is 34.7 Å². The summed E-state index contributed by atoms with van der Waals surface area (Å²) in [5, 5.41) is 3.08. The van der Waals surface area contributed by atoms with E-state index in [1.165, 1.54) is 141 Å². The topological polar surface area (TPSA) is 114 Å². The first-order valence-electron chi connectivity index (χ1n) is 26.0. The Labute approximate surface area is 427 Å². The molecular formula is C56H86CaO6S2. The molecular weight excluding hydrogens is 873 g/mol. The van der Waals surface area contributed by atoms with E-state index in [1.54, 1.807) is 0 Å². The summed E-state index contributed by atoms with van der Waals surface area (Å²) in [6.45, 7) is 8.89. The Kier molecular flexibility index (Phi) is 31.8. The minimum Gasteiger partial charge on any atom is -0.744 e. The molecule has 0 heterocycles. The van der Waals surface area contributed by atoms with Gasteiger partial charge >= 0.3 is 37.7 Å². The summed E-state index contributed by atoms with van der Waals surface area (Å²) in [7, 11) is -9.04. The number of rotatable bonds is 34.